The number of carboxylic acids is 1. The van der Waals surface area contributed by atoms with Crippen LogP contribution in [0.15, 0.2) is 30.3 Å². The predicted octanol–water partition coefficient (Wildman–Crippen LogP) is 3.27. The number of aliphatic carboxylic acids is 1. The molecule has 2 amide bonds. The second-order valence-electron chi connectivity index (χ2n) is 7.75. The van der Waals surface area contributed by atoms with E-state index in [9.17, 15) is 41.4 Å². The minimum atomic E-state index is -2.35. The van der Waals surface area contributed by atoms with E-state index in [-0.39, 0.29) is 6.42 Å². The van der Waals surface area contributed by atoms with Gasteiger partial charge in [-0.15, -0.1) is 0 Å². The average Bonchev–Trinajstić information content (AvgIpc) is 2.82. The zero-order chi connectivity index (χ0) is 25.6. The molecule has 2 rings (SSSR count). The number of carboxylic acid groups (broad SMARTS) is 1. The van der Waals surface area contributed by atoms with Crippen molar-refractivity contribution >= 4 is 17.8 Å². The van der Waals surface area contributed by atoms with Gasteiger partial charge in [0.2, 0.25) is 17.6 Å². The molecule has 0 aromatic heterocycles. The van der Waals surface area contributed by atoms with Gasteiger partial charge in [0.05, 0.1) is 6.42 Å². The summed E-state index contributed by atoms with van der Waals surface area (Å²) in [7, 11) is 0. The summed E-state index contributed by atoms with van der Waals surface area (Å²) in [6.07, 6.45) is -0.927. The maximum absolute atomic E-state index is 13.9. The van der Waals surface area contributed by atoms with E-state index in [1.807, 2.05) is 0 Å². The fourth-order valence-corrected chi connectivity index (χ4v) is 3.20. The standard InChI is InChI=1S/C23H23F5N2O4/c1-3-11(2)21(22(32)29-14(23(33)34)9-12-7-5-4-6-8-12)30-15(31)10-13-16(24)18(26)20(28)19(27)17(13)25/h4-8,11,14,21H,3,9-10H2,1-2H3,(H,29,32)(H,30,31)(H,33,34)/t11?,14-,21-/m0/s1. The summed E-state index contributed by atoms with van der Waals surface area (Å²) in [5, 5.41) is 14.0. The average molecular weight is 486 g/mol. The van der Waals surface area contributed by atoms with Crippen molar-refractivity contribution in [3.8, 4) is 0 Å². The third-order valence-electron chi connectivity index (χ3n) is 5.35. The van der Waals surface area contributed by atoms with Gasteiger partial charge >= 0.3 is 5.97 Å². The van der Waals surface area contributed by atoms with Gasteiger partial charge < -0.3 is 15.7 Å². The number of hydrogen-bond donors (Lipinski definition) is 3. The van der Waals surface area contributed by atoms with Crippen molar-refractivity contribution in [1.29, 1.82) is 0 Å². The minimum absolute atomic E-state index is 0.0480. The number of rotatable bonds is 10. The van der Waals surface area contributed by atoms with E-state index in [2.05, 4.69) is 10.6 Å². The molecule has 0 fully saturated rings. The Morgan fingerprint density at radius 1 is 0.882 bits per heavy atom. The second-order valence-corrected chi connectivity index (χ2v) is 7.75. The van der Waals surface area contributed by atoms with Gasteiger partial charge in [-0.3, -0.25) is 9.59 Å². The van der Waals surface area contributed by atoms with Gasteiger partial charge in [0.25, 0.3) is 0 Å². The number of amides is 2. The lowest BCUT2D eigenvalue weighted by Crippen LogP contribution is -2.54. The van der Waals surface area contributed by atoms with Crippen LogP contribution in [-0.2, 0) is 27.2 Å². The molecule has 0 saturated heterocycles. The lowest BCUT2D eigenvalue weighted by molar-refractivity contribution is -0.142. The number of carbonyl (C=O) groups is 3. The Bertz CT molecular complexity index is 1040. The molecule has 184 valence electrons. The van der Waals surface area contributed by atoms with Crippen LogP contribution in [0.2, 0.25) is 0 Å². The third kappa shape index (κ3) is 6.30. The summed E-state index contributed by atoms with van der Waals surface area (Å²) >= 11 is 0. The highest BCUT2D eigenvalue weighted by molar-refractivity contribution is 5.91. The lowest BCUT2D eigenvalue weighted by Gasteiger charge is -2.25. The van der Waals surface area contributed by atoms with Gasteiger partial charge in [0.15, 0.2) is 23.3 Å². The van der Waals surface area contributed by atoms with Crippen LogP contribution in [0.3, 0.4) is 0 Å². The molecule has 2 aromatic carbocycles. The maximum atomic E-state index is 13.9. The van der Waals surface area contributed by atoms with E-state index >= 15 is 0 Å². The molecule has 1 unspecified atom stereocenters. The van der Waals surface area contributed by atoms with Crippen molar-refractivity contribution in [3.63, 3.8) is 0 Å². The normalized spacial score (nSPS) is 13.6. The first-order valence-electron chi connectivity index (χ1n) is 10.3. The number of carbonyl (C=O) groups excluding carboxylic acids is 2. The molecule has 0 aliphatic rings. The smallest absolute Gasteiger partial charge is 0.326 e. The zero-order valence-electron chi connectivity index (χ0n) is 18.3. The molecular weight excluding hydrogens is 463 g/mol. The van der Waals surface area contributed by atoms with Crippen LogP contribution in [0, 0.1) is 35.0 Å². The van der Waals surface area contributed by atoms with Crippen LogP contribution in [0.1, 0.15) is 31.4 Å². The van der Waals surface area contributed by atoms with Crippen LogP contribution >= 0.6 is 0 Å². The van der Waals surface area contributed by atoms with Crippen LogP contribution in [0.4, 0.5) is 22.0 Å². The zero-order valence-corrected chi connectivity index (χ0v) is 18.3. The Labute approximate surface area is 192 Å². The molecule has 0 radical (unpaired) electrons. The fraction of sp³-hybridized carbons (Fsp3) is 0.348. The third-order valence-corrected chi connectivity index (χ3v) is 5.35. The van der Waals surface area contributed by atoms with Crippen molar-refractivity contribution in [2.75, 3.05) is 0 Å². The van der Waals surface area contributed by atoms with Crippen LogP contribution in [0.25, 0.3) is 0 Å². The quantitative estimate of drug-likeness (QED) is 0.273. The molecule has 0 saturated carbocycles. The summed E-state index contributed by atoms with van der Waals surface area (Å²) in [6.45, 7) is 3.25. The molecule has 3 atom stereocenters. The van der Waals surface area contributed by atoms with Gasteiger partial charge in [-0.1, -0.05) is 50.6 Å². The van der Waals surface area contributed by atoms with E-state index in [1.54, 1.807) is 44.2 Å². The SMILES string of the molecule is CCC(C)[C@H](NC(=O)Cc1c(F)c(F)c(F)c(F)c1F)C(=O)N[C@@H](Cc1ccccc1)C(=O)O. The Morgan fingerprint density at radius 2 is 1.41 bits per heavy atom. The first kappa shape index (κ1) is 26.7. The number of halogens is 5. The second kappa shape index (κ2) is 11.6. The van der Waals surface area contributed by atoms with E-state index in [4.69, 9.17) is 0 Å². The Balaban J connectivity index is 2.20. The summed E-state index contributed by atoms with van der Waals surface area (Å²) in [6, 6.07) is 5.79. The van der Waals surface area contributed by atoms with Crippen molar-refractivity contribution < 1.29 is 41.4 Å². The molecule has 0 bridgehead atoms. The van der Waals surface area contributed by atoms with Gasteiger partial charge in [-0.05, 0) is 11.5 Å². The topological polar surface area (TPSA) is 95.5 Å². The van der Waals surface area contributed by atoms with E-state index in [0.717, 1.165) is 0 Å². The molecule has 34 heavy (non-hydrogen) atoms. The van der Waals surface area contributed by atoms with Crippen LogP contribution in [-0.4, -0.2) is 35.0 Å². The number of nitrogens with one attached hydrogen (secondary N) is 2. The van der Waals surface area contributed by atoms with Crippen molar-refractivity contribution in [1.82, 2.24) is 10.6 Å². The fourth-order valence-electron chi connectivity index (χ4n) is 3.20. The van der Waals surface area contributed by atoms with Gasteiger partial charge in [0.1, 0.15) is 12.1 Å². The number of benzene rings is 2. The van der Waals surface area contributed by atoms with Crippen LogP contribution < -0.4 is 10.6 Å². The molecule has 2 aromatic rings. The largest absolute Gasteiger partial charge is 0.480 e. The van der Waals surface area contributed by atoms with E-state index in [1.165, 1.54) is 0 Å². The van der Waals surface area contributed by atoms with Crippen molar-refractivity contribution in [2.24, 2.45) is 5.92 Å². The Hall–Kier alpha value is -3.50. The Kier molecular flexibility index (Phi) is 9.11. The molecular formula is C23H23F5N2O4. The summed E-state index contributed by atoms with van der Waals surface area (Å²) < 4.78 is 67.9. The molecule has 0 aliphatic heterocycles. The van der Waals surface area contributed by atoms with E-state index < -0.39 is 76.9 Å². The highest BCUT2D eigenvalue weighted by Gasteiger charge is 2.32. The maximum Gasteiger partial charge on any atom is 0.326 e. The summed E-state index contributed by atoms with van der Waals surface area (Å²) in [5.74, 6) is -15.0. The van der Waals surface area contributed by atoms with Gasteiger partial charge in [0, 0.05) is 12.0 Å². The molecule has 3 N–H and O–H groups in total. The molecule has 0 heterocycles. The summed E-state index contributed by atoms with van der Waals surface area (Å²) in [4.78, 5) is 36.9. The highest BCUT2D eigenvalue weighted by atomic mass is 19.2. The van der Waals surface area contributed by atoms with Gasteiger partial charge in [-0.2, -0.15) is 0 Å². The monoisotopic (exact) mass is 486 g/mol. The highest BCUT2D eigenvalue weighted by Crippen LogP contribution is 2.23. The number of hydrogen-bond acceptors (Lipinski definition) is 3. The van der Waals surface area contributed by atoms with E-state index in [0.29, 0.717) is 12.0 Å². The van der Waals surface area contributed by atoms with Crippen LogP contribution in [0.5, 0.6) is 0 Å². The first-order valence-corrected chi connectivity index (χ1v) is 10.3. The molecule has 6 nitrogen and oxygen atoms in total. The van der Waals surface area contributed by atoms with Gasteiger partial charge in [-0.25, -0.2) is 26.7 Å². The first-order chi connectivity index (χ1) is 16.0. The summed E-state index contributed by atoms with van der Waals surface area (Å²) in [5.41, 5.74) is -0.713. The van der Waals surface area contributed by atoms with Crippen molar-refractivity contribution in [2.45, 2.75) is 45.2 Å². The minimum Gasteiger partial charge on any atom is -0.480 e. The molecule has 0 spiro atoms. The predicted molar refractivity (Wildman–Crippen MR) is 111 cm³/mol. The lowest BCUT2D eigenvalue weighted by atomic mass is 9.96. The molecule has 0 aliphatic carbocycles. The molecule has 11 heteroatoms. The Morgan fingerprint density at radius 3 is 1.91 bits per heavy atom. The van der Waals surface area contributed by atoms with Crippen molar-refractivity contribution in [3.05, 3.63) is 70.5 Å².